The van der Waals surface area contributed by atoms with Crippen LogP contribution in [0.3, 0.4) is 0 Å². The van der Waals surface area contributed by atoms with Gasteiger partial charge in [-0.05, 0) is 43.3 Å². The van der Waals surface area contributed by atoms with Crippen LogP contribution in [-0.4, -0.2) is 28.3 Å². The highest BCUT2D eigenvalue weighted by Crippen LogP contribution is 2.37. The molecule has 8 heteroatoms. The fourth-order valence-electron chi connectivity index (χ4n) is 2.71. The van der Waals surface area contributed by atoms with Gasteiger partial charge in [-0.1, -0.05) is 0 Å². The molecular formula is C19H14FN3O4. The van der Waals surface area contributed by atoms with Crippen LogP contribution >= 0.6 is 0 Å². The predicted molar refractivity (Wildman–Crippen MR) is 94.0 cm³/mol. The lowest BCUT2D eigenvalue weighted by Crippen LogP contribution is -2.15. The molecule has 7 nitrogen and oxygen atoms in total. The van der Waals surface area contributed by atoms with Crippen LogP contribution in [0.4, 0.5) is 10.1 Å². The molecule has 4 rings (SSSR count). The van der Waals surface area contributed by atoms with Crippen molar-refractivity contribution >= 4 is 17.4 Å². The summed E-state index contributed by atoms with van der Waals surface area (Å²) in [6, 6.07) is 10.3. The predicted octanol–water partition coefficient (Wildman–Crippen LogP) is 3.20. The van der Waals surface area contributed by atoms with Crippen LogP contribution in [0.5, 0.6) is 11.5 Å². The van der Waals surface area contributed by atoms with Crippen molar-refractivity contribution in [1.82, 2.24) is 9.78 Å². The summed E-state index contributed by atoms with van der Waals surface area (Å²) in [7, 11) is 0. The molecule has 1 amide bonds. The number of ketones is 1. The van der Waals surface area contributed by atoms with E-state index in [0.29, 0.717) is 28.4 Å². The highest BCUT2D eigenvalue weighted by molar-refractivity contribution is 6.08. The second-order valence-electron chi connectivity index (χ2n) is 5.88. The first-order valence-electron chi connectivity index (χ1n) is 8.09. The van der Waals surface area contributed by atoms with Crippen molar-refractivity contribution in [3.63, 3.8) is 0 Å². The van der Waals surface area contributed by atoms with E-state index in [2.05, 4.69) is 10.4 Å². The Bertz CT molecular complexity index is 1040. The average Bonchev–Trinajstić information content (AvgIpc) is 3.30. The molecule has 2 heterocycles. The molecule has 0 aliphatic carbocycles. The highest BCUT2D eigenvalue weighted by Gasteiger charge is 2.21. The molecule has 1 aliphatic heterocycles. The monoisotopic (exact) mass is 367 g/mol. The topological polar surface area (TPSA) is 82.5 Å². The van der Waals surface area contributed by atoms with Crippen LogP contribution in [-0.2, 0) is 0 Å². The minimum absolute atomic E-state index is 0.0617. The van der Waals surface area contributed by atoms with E-state index < -0.39 is 5.91 Å². The number of hydrogen-bond donors (Lipinski definition) is 1. The Morgan fingerprint density at radius 2 is 1.81 bits per heavy atom. The highest BCUT2D eigenvalue weighted by atomic mass is 19.1. The Morgan fingerprint density at radius 3 is 2.52 bits per heavy atom. The van der Waals surface area contributed by atoms with Gasteiger partial charge in [0, 0.05) is 17.8 Å². The van der Waals surface area contributed by atoms with Crippen molar-refractivity contribution in [3.8, 4) is 17.2 Å². The second kappa shape index (κ2) is 6.56. The van der Waals surface area contributed by atoms with Gasteiger partial charge >= 0.3 is 0 Å². The summed E-state index contributed by atoms with van der Waals surface area (Å²) >= 11 is 0. The van der Waals surface area contributed by atoms with Crippen LogP contribution < -0.4 is 14.8 Å². The first kappa shape index (κ1) is 16.8. The number of aromatic nitrogens is 2. The Morgan fingerprint density at radius 1 is 1.11 bits per heavy atom. The van der Waals surface area contributed by atoms with Gasteiger partial charge in [0.1, 0.15) is 5.82 Å². The number of nitrogens with one attached hydrogen (secondary N) is 1. The largest absolute Gasteiger partial charge is 0.454 e. The van der Waals surface area contributed by atoms with Crippen LogP contribution in [0, 0.1) is 5.82 Å². The number of fused-ring (bicyclic) bond motifs is 1. The number of nitrogens with zero attached hydrogens (tertiary/aromatic N) is 2. The second-order valence-corrected chi connectivity index (χ2v) is 5.88. The number of carbonyl (C=O) groups excluding carboxylic acids is 2. The first-order valence-corrected chi connectivity index (χ1v) is 8.09. The normalized spacial score (nSPS) is 12.1. The van der Waals surface area contributed by atoms with Crippen molar-refractivity contribution in [2.45, 2.75) is 6.92 Å². The summed E-state index contributed by atoms with van der Waals surface area (Å²) in [5.74, 6) is -0.160. The zero-order chi connectivity index (χ0) is 19.0. The molecule has 0 spiro atoms. The van der Waals surface area contributed by atoms with Crippen molar-refractivity contribution in [2.75, 3.05) is 12.1 Å². The number of amides is 1. The molecule has 0 fully saturated rings. The minimum atomic E-state index is -0.489. The molecule has 3 aromatic rings. The number of hydrogen-bond acceptors (Lipinski definition) is 5. The molecule has 1 N–H and O–H groups in total. The number of benzene rings is 2. The summed E-state index contributed by atoms with van der Waals surface area (Å²) in [6.45, 7) is 1.46. The van der Waals surface area contributed by atoms with Crippen LogP contribution in [0.25, 0.3) is 5.69 Å². The first-order chi connectivity index (χ1) is 13.0. The number of Topliss-reactive ketones (excluding diaryl/α,β-unsaturated/α-hetero) is 1. The molecule has 27 heavy (non-hydrogen) atoms. The summed E-state index contributed by atoms with van der Waals surface area (Å²) < 4.78 is 25.1. The SMILES string of the molecule is CC(=O)c1cc2c(cc1NC(=O)c1ccn(-c3ccc(F)cc3)n1)OCO2. The molecule has 0 atom stereocenters. The molecule has 1 aromatic heterocycles. The van der Waals surface area contributed by atoms with Crippen LogP contribution in [0.2, 0.25) is 0 Å². The van der Waals surface area contributed by atoms with E-state index in [9.17, 15) is 14.0 Å². The van der Waals surface area contributed by atoms with E-state index in [1.165, 1.54) is 35.9 Å². The van der Waals surface area contributed by atoms with Crippen molar-refractivity contribution in [1.29, 1.82) is 0 Å². The summed E-state index contributed by atoms with van der Waals surface area (Å²) in [5.41, 5.74) is 1.38. The van der Waals surface area contributed by atoms with Crippen molar-refractivity contribution < 1.29 is 23.5 Å². The number of rotatable bonds is 4. The number of anilines is 1. The lowest BCUT2D eigenvalue weighted by Gasteiger charge is -2.09. The Hall–Kier alpha value is -3.68. The van der Waals surface area contributed by atoms with Crippen LogP contribution in [0.15, 0.2) is 48.7 Å². The number of ether oxygens (including phenoxy) is 2. The van der Waals surface area contributed by atoms with Gasteiger partial charge in [0.2, 0.25) is 6.79 Å². The summed E-state index contributed by atoms with van der Waals surface area (Å²) in [4.78, 5) is 24.5. The van der Waals surface area contributed by atoms with Crippen molar-refractivity contribution in [3.05, 3.63) is 65.7 Å². The fraction of sp³-hybridized carbons (Fsp3) is 0.105. The number of carbonyl (C=O) groups is 2. The van der Waals surface area contributed by atoms with Gasteiger partial charge in [-0.25, -0.2) is 9.07 Å². The zero-order valence-electron chi connectivity index (χ0n) is 14.2. The van der Waals surface area contributed by atoms with Crippen molar-refractivity contribution in [2.24, 2.45) is 0 Å². The van der Waals surface area contributed by atoms with E-state index in [4.69, 9.17) is 9.47 Å². The maximum absolute atomic E-state index is 13.0. The third kappa shape index (κ3) is 3.24. The lowest BCUT2D eigenvalue weighted by atomic mass is 10.1. The smallest absolute Gasteiger partial charge is 0.276 e. The van der Waals surface area contributed by atoms with Gasteiger partial charge in [-0.2, -0.15) is 5.10 Å². The molecule has 136 valence electrons. The lowest BCUT2D eigenvalue weighted by molar-refractivity contribution is 0.101. The molecule has 1 aliphatic rings. The molecule has 0 radical (unpaired) electrons. The molecule has 0 unspecified atom stereocenters. The van der Waals surface area contributed by atoms with Gasteiger partial charge < -0.3 is 14.8 Å². The number of halogens is 1. The van der Waals surface area contributed by atoms with E-state index in [1.807, 2.05) is 0 Å². The van der Waals surface area contributed by atoms with Gasteiger partial charge in [0.05, 0.1) is 11.4 Å². The van der Waals surface area contributed by atoms with E-state index in [-0.39, 0.29) is 24.1 Å². The van der Waals surface area contributed by atoms with Gasteiger partial charge in [-0.15, -0.1) is 0 Å². The Labute approximate surface area is 153 Å². The average molecular weight is 367 g/mol. The van der Waals surface area contributed by atoms with E-state index in [0.717, 1.165) is 0 Å². The molecule has 2 aromatic carbocycles. The van der Waals surface area contributed by atoms with E-state index in [1.54, 1.807) is 24.4 Å². The molecular weight excluding hydrogens is 353 g/mol. The quantitative estimate of drug-likeness (QED) is 0.716. The third-order valence-electron chi connectivity index (χ3n) is 4.05. The third-order valence-corrected chi connectivity index (χ3v) is 4.05. The fourth-order valence-corrected chi connectivity index (χ4v) is 2.71. The van der Waals surface area contributed by atoms with Gasteiger partial charge in [0.25, 0.3) is 5.91 Å². The minimum Gasteiger partial charge on any atom is -0.454 e. The maximum Gasteiger partial charge on any atom is 0.276 e. The molecule has 0 saturated heterocycles. The summed E-state index contributed by atoms with van der Waals surface area (Å²) in [5, 5.41) is 6.88. The van der Waals surface area contributed by atoms with Crippen LogP contribution in [0.1, 0.15) is 27.8 Å². The van der Waals surface area contributed by atoms with Gasteiger partial charge in [0.15, 0.2) is 23.0 Å². The standard InChI is InChI=1S/C19H14FN3O4/c1-11(24)14-8-17-18(27-10-26-17)9-16(14)21-19(25)15-6-7-23(22-15)13-4-2-12(20)3-5-13/h2-9H,10H2,1H3,(H,21,25). The maximum atomic E-state index is 13.0. The van der Waals surface area contributed by atoms with E-state index >= 15 is 0 Å². The zero-order valence-corrected chi connectivity index (χ0v) is 14.2. The summed E-state index contributed by atoms with van der Waals surface area (Å²) in [6.07, 6.45) is 1.59. The molecule has 0 saturated carbocycles. The Balaban J connectivity index is 1.60. The Kier molecular flexibility index (Phi) is 4.08. The van der Waals surface area contributed by atoms with Gasteiger partial charge in [-0.3, -0.25) is 9.59 Å². The molecule has 0 bridgehead atoms.